The maximum atomic E-state index is 11.7. The molecule has 176 valence electrons. The molecule has 0 spiro atoms. The number of hydrogen-bond donors (Lipinski definition) is 2. The molecule has 0 aliphatic carbocycles. The number of aliphatic carboxylic acids is 1. The molecule has 2 aromatic carbocycles. The zero-order valence-electron chi connectivity index (χ0n) is 20.3. The lowest BCUT2D eigenvalue weighted by molar-refractivity contribution is -0.136. The van der Waals surface area contributed by atoms with E-state index in [0.717, 1.165) is 61.9 Å². The lowest BCUT2D eigenvalue weighted by atomic mass is 9.88. The molecule has 34 heavy (non-hydrogen) atoms. The number of pyridine rings is 2. The summed E-state index contributed by atoms with van der Waals surface area (Å²) in [6.45, 7) is 9.80. The highest BCUT2D eigenvalue weighted by atomic mass is 16.5. The quantitative estimate of drug-likeness (QED) is 0.427. The second-order valence-corrected chi connectivity index (χ2v) is 9.71. The fraction of sp³-hybridized carbons (Fsp3) is 0.321. The molecular weight excluding hydrogens is 428 g/mol. The highest BCUT2D eigenvalue weighted by molar-refractivity contribution is 6.07. The lowest BCUT2D eigenvalue weighted by Gasteiger charge is -2.21. The first-order valence-corrected chi connectivity index (χ1v) is 11.4. The monoisotopic (exact) mass is 458 g/mol. The fourth-order valence-electron chi connectivity index (χ4n) is 4.34. The number of aryl methyl sites for hydroxylation is 2. The minimum absolute atomic E-state index is 0.0512. The van der Waals surface area contributed by atoms with Crippen molar-refractivity contribution in [2.24, 2.45) is 0 Å². The van der Waals surface area contributed by atoms with Gasteiger partial charge in [-0.05, 0) is 87.2 Å². The molecule has 2 aromatic heterocycles. The molecule has 0 fully saturated rings. The molecule has 0 saturated heterocycles. The SMILES string of the molecule is CC(C)(C)O.Cc1ccc2c(-c3ccc4c5c(ccnc35)CCO4)c(CC(=O)O)c(C)cc2n1. The molecule has 6 heteroatoms. The van der Waals surface area contributed by atoms with Gasteiger partial charge in [-0.3, -0.25) is 14.8 Å². The average Bonchev–Trinajstić information content (AvgIpc) is 2.74. The summed E-state index contributed by atoms with van der Waals surface area (Å²) in [6, 6.07) is 12.0. The molecule has 3 heterocycles. The Morgan fingerprint density at radius 2 is 1.85 bits per heavy atom. The highest BCUT2D eigenvalue weighted by Crippen LogP contribution is 2.42. The first kappa shape index (κ1) is 23.6. The van der Waals surface area contributed by atoms with Gasteiger partial charge in [0.2, 0.25) is 0 Å². The number of hydrogen-bond acceptors (Lipinski definition) is 5. The van der Waals surface area contributed by atoms with E-state index in [4.69, 9.17) is 14.8 Å². The van der Waals surface area contributed by atoms with Gasteiger partial charge in [0.05, 0.1) is 29.7 Å². The zero-order chi connectivity index (χ0) is 24.6. The lowest BCUT2D eigenvalue weighted by Crippen LogP contribution is -2.10. The van der Waals surface area contributed by atoms with Crippen LogP contribution in [0.5, 0.6) is 5.75 Å². The second-order valence-electron chi connectivity index (χ2n) is 9.71. The van der Waals surface area contributed by atoms with E-state index in [1.54, 1.807) is 20.8 Å². The number of carboxylic acid groups (broad SMARTS) is 1. The molecule has 5 rings (SSSR count). The van der Waals surface area contributed by atoms with Gasteiger partial charge < -0.3 is 14.9 Å². The average molecular weight is 459 g/mol. The first-order chi connectivity index (χ1) is 16.0. The Bertz CT molecular complexity index is 1390. The zero-order valence-corrected chi connectivity index (χ0v) is 20.3. The number of aliphatic hydroxyl groups is 1. The van der Waals surface area contributed by atoms with Crippen molar-refractivity contribution >= 4 is 27.8 Å². The highest BCUT2D eigenvalue weighted by Gasteiger charge is 2.22. The van der Waals surface area contributed by atoms with Gasteiger partial charge in [-0.15, -0.1) is 0 Å². The Kier molecular flexibility index (Phi) is 6.28. The maximum absolute atomic E-state index is 11.7. The normalized spacial score (nSPS) is 12.8. The van der Waals surface area contributed by atoms with Crippen LogP contribution < -0.4 is 4.74 Å². The molecule has 1 aliphatic rings. The summed E-state index contributed by atoms with van der Waals surface area (Å²) >= 11 is 0. The molecule has 0 atom stereocenters. The van der Waals surface area contributed by atoms with Crippen LogP contribution in [0.25, 0.3) is 32.9 Å². The molecule has 0 bridgehead atoms. The third-order valence-corrected chi connectivity index (χ3v) is 5.63. The Morgan fingerprint density at radius 3 is 2.56 bits per heavy atom. The van der Waals surface area contributed by atoms with E-state index in [1.807, 2.05) is 56.4 Å². The van der Waals surface area contributed by atoms with Gasteiger partial charge in [-0.25, -0.2) is 0 Å². The molecular formula is C28H30N2O4. The van der Waals surface area contributed by atoms with Gasteiger partial charge in [0.25, 0.3) is 0 Å². The van der Waals surface area contributed by atoms with Crippen molar-refractivity contribution in [1.29, 1.82) is 0 Å². The van der Waals surface area contributed by atoms with Gasteiger partial charge in [0, 0.05) is 34.6 Å². The van der Waals surface area contributed by atoms with E-state index in [-0.39, 0.29) is 6.42 Å². The third kappa shape index (κ3) is 4.87. The van der Waals surface area contributed by atoms with E-state index in [0.29, 0.717) is 6.61 Å². The molecule has 1 aliphatic heterocycles. The van der Waals surface area contributed by atoms with Crippen molar-refractivity contribution in [2.45, 2.75) is 53.1 Å². The molecule has 0 radical (unpaired) electrons. The number of benzene rings is 2. The van der Waals surface area contributed by atoms with Crippen LogP contribution in [-0.4, -0.2) is 38.4 Å². The van der Waals surface area contributed by atoms with E-state index in [2.05, 4.69) is 4.98 Å². The number of aromatic nitrogens is 2. The predicted molar refractivity (Wildman–Crippen MR) is 134 cm³/mol. The van der Waals surface area contributed by atoms with Crippen LogP contribution in [0.4, 0.5) is 0 Å². The number of rotatable bonds is 3. The third-order valence-electron chi connectivity index (χ3n) is 5.63. The van der Waals surface area contributed by atoms with E-state index in [1.165, 1.54) is 5.56 Å². The van der Waals surface area contributed by atoms with Crippen LogP contribution in [0.15, 0.2) is 42.6 Å². The Morgan fingerprint density at radius 1 is 1.12 bits per heavy atom. The van der Waals surface area contributed by atoms with Gasteiger partial charge >= 0.3 is 5.97 Å². The minimum atomic E-state index is -0.854. The molecule has 4 aromatic rings. The summed E-state index contributed by atoms with van der Waals surface area (Å²) in [7, 11) is 0. The number of carbonyl (C=O) groups is 1. The van der Waals surface area contributed by atoms with Gasteiger partial charge in [0.1, 0.15) is 5.75 Å². The van der Waals surface area contributed by atoms with Gasteiger partial charge in [-0.2, -0.15) is 0 Å². The minimum Gasteiger partial charge on any atom is -0.493 e. The Labute approximate surface area is 199 Å². The predicted octanol–water partition coefficient (Wildman–Crippen LogP) is 5.41. The van der Waals surface area contributed by atoms with Gasteiger partial charge in [-0.1, -0.05) is 6.07 Å². The molecule has 6 nitrogen and oxygen atoms in total. The summed E-state index contributed by atoms with van der Waals surface area (Å²) in [5.74, 6) is -0.0170. The largest absolute Gasteiger partial charge is 0.493 e. The Hall–Kier alpha value is -3.51. The van der Waals surface area contributed by atoms with E-state index < -0.39 is 11.6 Å². The van der Waals surface area contributed by atoms with Crippen molar-refractivity contribution in [3.63, 3.8) is 0 Å². The van der Waals surface area contributed by atoms with Crippen molar-refractivity contribution in [3.05, 3.63) is 65.0 Å². The van der Waals surface area contributed by atoms with Crippen LogP contribution in [-0.2, 0) is 17.6 Å². The first-order valence-electron chi connectivity index (χ1n) is 11.4. The summed E-state index contributed by atoms with van der Waals surface area (Å²) in [4.78, 5) is 21.1. The number of ether oxygens (including phenoxy) is 1. The number of nitrogens with zero attached hydrogens (tertiary/aromatic N) is 2. The smallest absolute Gasteiger partial charge is 0.307 e. The van der Waals surface area contributed by atoms with Crippen LogP contribution in [0.2, 0.25) is 0 Å². The van der Waals surface area contributed by atoms with Crippen LogP contribution in [0.3, 0.4) is 0 Å². The Balaban J connectivity index is 0.000000499. The maximum Gasteiger partial charge on any atom is 0.307 e. The molecule has 2 N–H and O–H groups in total. The number of carboxylic acids is 1. The van der Waals surface area contributed by atoms with E-state index >= 15 is 0 Å². The van der Waals surface area contributed by atoms with Crippen LogP contribution in [0, 0.1) is 13.8 Å². The summed E-state index contributed by atoms with van der Waals surface area (Å²) in [5, 5.41) is 20.1. The summed E-state index contributed by atoms with van der Waals surface area (Å²) in [6.07, 6.45) is 2.62. The van der Waals surface area contributed by atoms with Crippen molar-refractivity contribution in [3.8, 4) is 16.9 Å². The van der Waals surface area contributed by atoms with Crippen LogP contribution >= 0.6 is 0 Å². The molecule has 0 unspecified atom stereocenters. The number of fused-ring (bicyclic) bond motifs is 1. The molecule has 0 saturated carbocycles. The van der Waals surface area contributed by atoms with Crippen molar-refractivity contribution in [1.82, 2.24) is 9.97 Å². The fourth-order valence-corrected chi connectivity index (χ4v) is 4.34. The summed E-state index contributed by atoms with van der Waals surface area (Å²) in [5.41, 5.74) is 6.89. The topological polar surface area (TPSA) is 92.5 Å². The molecule has 0 amide bonds. The van der Waals surface area contributed by atoms with Crippen LogP contribution in [0.1, 0.15) is 43.2 Å². The standard InChI is InChI=1S/C24H20N2O3.C4H10O/c1-13-11-19-16(4-3-14(2)26-19)23(18(13)12-21(27)28)17-5-6-20-22-15(8-10-29-20)7-9-25-24(17)22;1-4(2,3)5/h3-7,9,11H,8,10,12H2,1-2H3,(H,27,28);5H,1-3H3. The van der Waals surface area contributed by atoms with Crippen molar-refractivity contribution < 1.29 is 19.7 Å². The van der Waals surface area contributed by atoms with E-state index in [9.17, 15) is 9.90 Å². The summed E-state index contributed by atoms with van der Waals surface area (Å²) < 4.78 is 5.86. The van der Waals surface area contributed by atoms with Gasteiger partial charge in [0.15, 0.2) is 0 Å². The van der Waals surface area contributed by atoms with Crippen molar-refractivity contribution in [2.75, 3.05) is 6.61 Å². The second kappa shape index (κ2) is 9.03.